The molecule has 3 heterocycles. The number of hydrogen-bond donors (Lipinski definition) is 3. The van der Waals surface area contributed by atoms with Gasteiger partial charge in [-0.15, -0.1) is 0 Å². The van der Waals surface area contributed by atoms with Crippen molar-refractivity contribution in [3.05, 3.63) is 0 Å². The maximum Gasteiger partial charge on any atom is 0.317 e. The molecule has 13 nitrogen and oxygen atoms in total. The maximum atomic E-state index is 11.5. The second-order valence-electron chi connectivity index (χ2n) is 10.3. The van der Waals surface area contributed by atoms with E-state index in [-0.39, 0.29) is 19.6 Å². The van der Waals surface area contributed by atoms with E-state index < -0.39 is 17.9 Å². The summed E-state index contributed by atoms with van der Waals surface area (Å²) in [6.07, 6.45) is 0. The fourth-order valence-corrected chi connectivity index (χ4v) is 4.66. The molecule has 0 aromatic rings. The number of rotatable bonds is 6. The van der Waals surface area contributed by atoms with E-state index in [4.69, 9.17) is 0 Å². The summed E-state index contributed by atoms with van der Waals surface area (Å²) in [5.74, 6) is -2.47. The third-order valence-electron chi connectivity index (χ3n) is 7.20. The summed E-state index contributed by atoms with van der Waals surface area (Å²) in [6, 6.07) is 0. The van der Waals surface area contributed by atoms with Gasteiger partial charge in [-0.3, -0.25) is 38.9 Å². The van der Waals surface area contributed by atoms with Crippen molar-refractivity contribution in [3.8, 4) is 0 Å². The maximum absolute atomic E-state index is 11.5. The number of hydrogen-bond acceptors (Lipinski definition) is 10. The number of carbonyl (C=O) groups is 3. The summed E-state index contributed by atoms with van der Waals surface area (Å²) < 4.78 is 0. The highest BCUT2D eigenvalue weighted by molar-refractivity contribution is 5.69. The average Bonchev–Trinajstić information content (AvgIpc) is 2.81. The van der Waals surface area contributed by atoms with Crippen molar-refractivity contribution in [2.75, 3.05) is 138 Å². The van der Waals surface area contributed by atoms with Crippen LogP contribution in [0.1, 0.15) is 0 Å². The van der Waals surface area contributed by atoms with Crippen LogP contribution in [0.3, 0.4) is 0 Å². The van der Waals surface area contributed by atoms with Gasteiger partial charge in [0.1, 0.15) is 0 Å². The molecular weight excluding hydrogens is 482 g/mol. The third kappa shape index (κ3) is 14.0. The number of nitrogens with zero attached hydrogens (tertiary/aromatic N) is 7. The molecular formula is C24H47N7O6. The Kier molecular flexibility index (Phi) is 14.3. The predicted molar refractivity (Wildman–Crippen MR) is 140 cm³/mol. The van der Waals surface area contributed by atoms with Crippen molar-refractivity contribution in [3.63, 3.8) is 0 Å². The molecule has 0 radical (unpaired) electrons. The molecule has 0 spiro atoms. The standard InChI is InChI=1S/C24H47N7O6/c1-25-3-7-27-11-15-30(20-23(34)35)17-13-28(14-18-31(16-12-27)21-24(36)37)8-4-26(2)6-10-29(9-5-25)19-22(32)33/h3-21H2,1-2H3,(H,32,33)(H,34,35)(H,36,37). The molecule has 0 aromatic carbocycles. The first-order valence-corrected chi connectivity index (χ1v) is 13.2. The average molecular weight is 530 g/mol. The molecule has 3 saturated heterocycles. The van der Waals surface area contributed by atoms with Crippen molar-refractivity contribution in [1.82, 2.24) is 34.3 Å². The van der Waals surface area contributed by atoms with E-state index in [1.165, 1.54) is 0 Å². The zero-order chi connectivity index (χ0) is 27.2. The highest BCUT2D eigenvalue weighted by Gasteiger charge is 2.20. The summed E-state index contributed by atoms with van der Waals surface area (Å²) >= 11 is 0. The van der Waals surface area contributed by atoms with Gasteiger partial charge in [0, 0.05) is 105 Å². The Labute approximate surface area is 220 Å². The molecule has 3 aliphatic rings. The molecule has 2 bridgehead atoms. The molecule has 214 valence electrons. The zero-order valence-corrected chi connectivity index (χ0v) is 22.6. The molecule has 0 aromatic heterocycles. The molecule has 0 atom stereocenters. The van der Waals surface area contributed by atoms with E-state index in [0.29, 0.717) is 65.4 Å². The molecule has 3 N–H and O–H groups in total. The van der Waals surface area contributed by atoms with Crippen molar-refractivity contribution in [2.24, 2.45) is 0 Å². The van der Waals surface area contributed by atoms with Crippen LogP contribution < -0.4 is 0 Å². The molecule has 13 heteroatoms. The smallest absolute Gasteiger partial charge is 0.317 e. The van der Waals surface area contributed by atoms with Gasteiger partial charge in [-0.25, -0.2) is 0 Å². The normalized spacial score (nSPS) is 26.4. The topological polar surface area (TPSA) is 135 Å². The largest absolute Gasteiger partial charge is 0.480 e. The summed E-state index contributed by atoms with van der Waals surface area (Å²) in [4.78, 5) is 49.3. The number of likely N-dealkylation sites (N-methyl/N-ethyl adjacent to an activating group) is 2. The van der Waals surface area contributed by atoms with E-state index in [1.54, 1.807) is 0 Å². The Morgan fingerprint density at radius 1 is 0.432 bits per heavy atom. The lowest BCUT2D eigenvalue weighted by Crippen LogP contribution is -2.50. The van der Waals surface area contributed by atoms with Crippen LogP contribution in [0.15, 0.2) is 0 Å². The first-order chi connectivity index (χ1) is 17.6. The lowest BCUT2D eigenvalue weighted by atomic mass is 10.3. The summed E-state index contributed by atoms with van der Waals surface area (Å²) in [7, 11) is 4.06. The van der Waals surface area contributed by atoms with Gasteiger partial charge in [0.2, 0.25) is 0 Å². The Balaban J connectivity index is 2.22. The lowest BCUT2D eigenvalue weighted by molar-refractivity contribution is -0.139. The quantitative estimate of drug-likeness (QED) is 0.317. The van der Waals surface area contributed by atoms with E-state index in [1.807, 2.05) is 28.8 Å². The second-order valence-corrected chi connectivity index (χ2v) is 10.3. The number of fused-ring (bicyclic) bond motifs is 18. The van der Waals surface area contributed by atoms with Crippen LogP contribution in [0.25, 0.3) is 0 Å². The van der Waals surface area contributed by atoms with Crippen molar-refractivity contribution < 1.29 is 29.7 Å². The van der Waals surface area contributed by atoms with Crippen LogP contribution in [0.5, 0.6) is 0 Å². The Bertz CT molecular complexity index is 649. The summed E-state index contributed by atoms with van der Waals surface area (Å²) in [5.41, 5.74) is 0. The van der Waals surface area contributed by atoms with Crippen LogP contribution in [0.2, 0.25) is 0 Å². The van der Waals surface area contributed by atoms with E-state index in [9.17, 15) is 29.7 Å². The first-order valence-electron chi connectivity index (χ1n) is 13.2. The second kappa shape index (κ2) is 16.9. The van der Waals surface area contributed by atoms with Gasteiger partial charge in [0.15, 0.2) is 0 Å². The van der Waals surface area contributed by atoms with Crippen LogP contribution in [-0.2, 0) is 14.4 Å². The number of carboxylic acid groups (broad SMARTS) is 3. The minimum absolute atomic E-state index is 0.00599. The highest BCUT2D eigenvalue weighted by Crippen LogP contribution is 2.03. The van der Waals surface area contributed by atoms with E-state index >= 15 is 0 Å². The third-order valence-corrected chi connectivity index (χ3v) is 7.20. The van der Waals surface area contributed by atoms with Gasteiger partial charge in [-0.05, 0) is 14.1 Å². The van der Waals surface area contributed by atoms with Crippen LogP contribution in [0, 0.1) is 0 Å². The molecule has 0 unspecified atom stereocenters. The van der Waals surface area contributed by atoms with Gasteiger partial charge in [-0.2, -0.15) is 0 Å². The lowest BCUT2D eigenvalue weighted by Gasteiger charge is -2.35. The van der Waals surface area contributed by atoms with Gasteiger partial charge in [0.25, 0.3) is 0 Å². The number of carboxylic acids is 3. The van der Waals surface area contributed by atoms with Gasteiger partial charge in [-0.1, -0.05) is 0 Å². The summed E-state index contributed by atoms with van der Waals surface area (Å²) in [6.45, 7) is 11.3. The fourth-order valence-electron chi connectivity index (χ4n) is 4.66. The fraction of sp³-hybridized carbons (Fsp3) is 0.875. The minimum atomic E-state index is -0.828. The van der Waals surface area contributed by atoms with E-state index in [0.717, 1.165) is 39.3 Å². The molecule has 0 saturated carbocycles. The van der Waals surface area contributed by atoms with Crippen LogP contribution >= 0.6 is 0 Å². The van der Waals surface area contributed by atoms with Crippen LogP contribution in [0.4, 0.5) is 0 Å². The summed E-state index contributed by atoms with van der Waals surface area (Å²) in [5, 5.41) is 28.2. The van der Waals surface area contributed by atoms with Gasteiger partial charge in [0.05, 0.1) is 19.6 Å². The Morgan fingerprint density at radius 2 is 0.649 bits per heavy atom. The first kappa shape index (κ1) is 31.3. The monoisotopic (exact) mass is 529 g/mol. The Morgan fingerprint density at radius 3 is 0.919 bits per heavy atom. The highest BCUT2D eigenvalue weighted by atomic mass is 16.4. The minimum Gasteiger partial charge on any atom is -0.480 e. The van der Waals surface area contributed by atoms with Crippen molar-refractivity contribution >= 4 is 17.9 Å². The van der Waals surface area contributed by atoms with Gasteiger partial charge >= 0.3 is 17.9 Å². The van der Waals surface area contributed by atoms with Gasteiger partial charge < -0.3 is 25.1 Å². The van der Waals surface area contributed by atoms with Crippen molar-refractivity contribution in [2.45, 2.75) is 0 Å². The molecule has 0 aliphatic carbocycles. The molecule has 37 heavy (non-hydrogen) atoms. The molecule has 3 fully saturated rings. The van der Waals surface area contributed by atoms with Crippen LogP contribution in [-0.4, -0.2) is 206 Å². The molecule has 0 amide bonds. The molecule has 3 rings (SSSR count). The Hall–Kier alpha value is -1.87. The molecule has 3 aliphatic heterocycles. The van der Waals surface area contributed by atoms with Crippen molar-refractivity contribution in [1.29, 1.82) is 0 Å². The SMILES string of the molecule is CN1CCN2CCN(CC(=O)O)CCN(CCN(C)CCN(CC(=O)O)CC1)CCN(CC(=O)O)CC2. The van der Waals surface area contributed by atoms with E-state index in [2.05, 4.69) is 19.6 Å². The number of aliphatic carboxylic acids is 3. The zero-order valence-electron chi connectivity index (χ0n) is 22.6. The predicted octanol–water partition coefficient (Wildman–Crippen LogP) is -2.36.